The lowest BCUT2D eigenvalue weighted by Crippen LogP contribution is -2.29. The fraction of sp³-hybridized carbons (Fsp3) is 0.143. The summed E-state index contributed by atoms with van der Waals surface area (Å²) >= 11 is 13.5. The summed E-state index contributed by atoms with van der Waals surface area (Å²) in [5, 5.41) is 8.95. The minimum Gasteiger partial charge on any atom is -0.321 e. The third-order valence-corrected chi connectivity index (χ3v) is 6.43. The maximum Gasteiger partial charge on any atom is 0.253 e. The Morgan fingerprint density at radius 2 is 1.91 bits per heavy atom. The quantitative estimate of drug-likeness (QED) is 0.514. The lowest BCUT2D eigenvalue weighted by atomic mass is 9.90. The van der Waals surface area contributed by atoms with Gasteiger partial charge in [0.05, 0.1) is 29.3 Å². The summed E-state index contributed by atoms with van der Waals surface area (Å²) in [6.07, 6.45) is 7.08. The van der Waals surface area contributed by atoms with Crippen LogP contribution in [0, 0.1) is 5.82 Å². The molecule has 6 nitrogen and oxygen atoms in total. The van der Waals surface area contributed by atoms with E-state index >= 15 is 4.39 Å². The van der Waals surface area contributed by atoms with Gasteiger partial charge in [0.1, 0.15) is 5.82 Å². The first-order valence-corrected chi connectivity index (χ1v) is 11.2. The lowest BCUT2D eigenvalue weighted by Gasteiger charge is -2.31. The Balaban J connectivity index is 1.61. The van der Waals surface area contributed by atoms with Crippen molar-refractivity contribution < 1.29 is 13.6 Å². The highest BCUT2D eigenvalue weighted by Gasteiger charge is 2.40. The molecule has 1 unspecified atom stereocenters. The molecule has 1 amide bonds. The van der Waals surface area contributed by atoms with E-state index < -0.39 is 16.7 Å². The first kappa shape index (κ1) is 22.4. The average molecular weight is 494 g/mol. The molecule has 11 heteroatoms. The molecular formula is C21H15Cl2F2N5OS. The van der Waals surface area contributed by atoms with Crippen LogP contribution >= 0.6 is 35.0 Å². The molecule has 1 aromatic carbocycles. The molecule has 2 heterocycles. The maximum absolute atomic E-state index is 15.8. The van der Waals surface area contributed by atoms with E-state index in [1.807, 2.05) is 0 Å². The number of aromatic nitrogens is 4. The van der Waals surface area contributed by atoms with Gasteiger partial charge < -0.3 is 5.32 Å². The largest absolute Gasteiger partial charge is 0.321 e. The van der Waals surface area contributed by atoms with Crippen molar-refractivity contribution >= 4 is 52.1 Å². The van der Waals surface area contributed by atoms with Crippen LogP contribution in [0.25, 0.3) is 11.4 Å². The molecule has 0 saturated heterocycles. The molecule has 164 valence electrons. The van der Waals surface area contributed by atoms with Gasteiger partial charge in [-0.2, -0.15) is 10.2 Å². The maximum atomic E-state index is 15.8. The normalized spacial score (nSPS) is 18.5. The van der Waals surface area contributed by atoms with Crippen molar-refractivity contribution in [3.63, 3.8) is 0 Å². The summed E-state index contributed by atoms with van der Waals surface area (Å²) in [6.45, 7) is 0. The van der Waals surface area contributed by atoms with Crippen LogP contribution in [0.15, 0.2) is 65.6 Å². The van der Waals surface area contributed by atoms with E-state index in [9.17, 15) is 9.18 Å². The predicted octanol–water partition coefficient (Wildman–Crippen LogP) is 5.40. The molecule has 0 saturated carbocycles. The third kappa shape index (κ3) is 4.41. The van der Waals surface area contributed by atoms with Crippen LogP contribution in [-0.4, -0.2) is 37.1 Å². The lowest BCUT2D eigenvalue weighted by molar-refractivity contribution is -0.113. The second-order valence-electron chi connectivity index (χ2n) is 6.80. The molecule has 1 aliphatic carbocycles. The van der Waals surface area contributed by atoms with Crippen LogP contribution in [-0.2, 0) is 4.79 Å². The molecule has 0 fully saturated rings. The summed E-state index contributed by atoms with van der Waals surface area (Å²) in [7, 11) is 0. The number of amides is 1. The second-order valence-corrected chi connectivity index (χ2v) is 8.67. The molecule has 0 bridgehead atoms. The van der Waals surface area contributed by atoms with Gasteiger partial charge in [-0.15, -0.1) is 16.6 Å². The minimum atomic E-state index is -1.92. The van der Waals surface area contributed by atoms with Crippen LogP contribution in [0.2, 0.25) is 5.02 Å². The molecule has 4 rings (SSSR count). The highest BCUT2D eigenvalue weighted by molar-refractivity contribution is 8.00. The molecule has 1 N–H and O–H groups in total. The van der Waals surface area contributed by atoms with Crippen LogP contribution < -0.4 is 5.32 Å². The summed E-state index contributed by atoms with van der Waals surface area (Å²) in [5.74, 6) is -0.716. The number of carbonyl (C=O) groups is 1. The fourth-order valence-electron chi connectivity index (χ4n) is 3.21. The molecule has 1 aliphatic rings. The van der Waals surface area contributed by atoms with Gasteiger partial charge in [-0.05, 0) is 36.1 Å². The molecule has 0 aliphatic heterocycles. The van der Waals surface area contributed by atoms with Crippen LogP contribution in [0.3, 0.4) is 0 Å². The second kappa shape index (κ2) is 9.01. The number of hydrogen-bond donors (Lipinski definition) is 1. The van der Waals surface area contributed by atoms with Crippen molar-refractivity contribution in [1.29, 1.82) is 0 Å². The summed E-state index contributed by atoms with van der Waals surface area (Å²) in [4.78, 5) is 18.3. The van der Waals surface area contributed by atoms with Gasteiger partial charge >= 0.3 is 0 Å². The summed E-state index contributed by atoms with van der Waals surface area (Å²) in [5.41, 5.74) is 1.13. The van der Waals surface area contributed by atoms with E-state index in [2.05, 4.69) is 20.5 Å². The van der Waals surface area contributed by atoms with Gasteiger partial charge in [-0.3, -0.25) is 4.79 Å². The van der Waals surface area contributed by atoms with Crippen LogP contribution in [0.4, 0.5) is 14.5 Å². The van der Waals surface area contributed by atoms with Crippen molar-refractivity contribution in [2.45, 2.75) is 11.4 Å². The number of hydrogen-bond acceptors (Lipinski definition) is 5. The summed E-state index contributed by atoms with van der Waals surface area (Å²) < 4.78 is 29.1. The van der Waals surface area contributed by atoms with Gasteiger partial charge in [0, 0.05) is 22.6 Å². The zero-order valence-electron chi connectivity index (χ0n) is 16.5. The number of nitrogens with one attached hydrogen (secondary N) is 1. The number of allylic oxidation sites excluding steroid dienone is 2. The van der Waals surface area contributed by atoms with E-state index in [1.54, 1.807) is 6.26 Å². The monoisotopic (exact) mass is 493 g/mol. The predicted molar refractivity (Wildman–Crippen MR) is 122 cm³/mol. The van der Waals surface area contributed by atoms with Crippen molar-refractivity contribution in [3.8, 4) is 5.82 Å². The Morgan fingerprint density at radius 1 is 1.22 bits per heavy atom. The van der Waals surface area contributed by atoms with E-state index in [0.29, 0.717) is 17.1 Å². The van der Waals surface area contributed by atoms with Crippen molar-refractivity contribution in [3.05, 3.63) is 82.0 Å². The number of benzene rings is 1. The van der Waals surface area contributed by atoms with E-state index in [4.69, 9.17) is 23.2 Å². The highest BCUT2D eigenvalue weighted by atomic mass is 35.5. The number of halogens is 4. The van der Waals surface area contributed by atoms with Gasteiger partial charge in [-0.1, -0.05) is 35.3 Å². The Morgan fingerprint density at radius 3 is 2.53 bits per heavy atom. The first-order chi connectivity index (χ1) is 15.3. The number of carbonyl (C=O) groups excluding carboxylic acids is 1. The molecule has 1 atom stereocenters. The standard InChI is InChI=1S/C21H15Cl2F2N5OS/c1-32-21(25)10-15(17(22)9-16(21)12-2-4-13(24)5-3-12)20(31)29-14-8-18(23)19(26-11-14)30-27-6-7-28-30/h2-9,11H,10H2,1H3,(H,29,31). The van der Waals surface area contributed by atoms with E-state index in [1.165, 1.54) is 59.8 Å². The fourth-order valence-corrected chi connectivity index (χ4v) is 4.39. The molecule has 3 aromatic rings. The van der Waals surface area contributed by atoms with Gasteiger partial charge in [0.2, 0.25) is 0 Å². The number of anilines is 1. The molecule has 2 aromatic heterocycles. The topological polar surface area (TPSA) is 72.7 Å². The van der Waals surface area contributed by atoms with Crippen LogP contribution in [0.5, 0.6) is 0 Å². The SMILES string of the molecule is CSC1(F)CC(C(=O)Nc2cnc(-n3nccn3)c(Cl)c2)=C(Cl)C=C1c1ccc(F)cc1. The Hall–Kier alpha value is -2.75. The Kier molecular flexibility index (Phi) is 6.32. The molecule has 0 radical (unpaired) electrons. The minimum absolute atomic E-state index is 0.0725. The molecule has 0 spiro atoms. The van der Waals surface area contributed by atoms with Crippen molar-refractivity contribution in [2.24, 2.45) is 0 Å². The number of pyridine rings is 1. The smallest absolute Gasteiger partial charge is 0.253 e. The Labute approximate surface area is 196 Å². The third-order valence-electron chi connectivity index (χ3n) is 4.81. The molecule has 32 heavy (non-hydrogen) atoms. The van der Waals surface area contributed by atoms with Crippen molar-refractivity contribution in [2.75, 3.05) is 11.6 Å². The van der Waals surface area contributed by atoms with Gasteiger partial charge in [-0.25, -0.2) is 13.8 Å². The first-order valence-electron chi connectivity index (χ1n) is 9.25. The highest BCUT2D eigenvalue weighted by Crippen LogP contribution is 2.48. The number of nitrogens with zero attached hydrogens (tertiary/aromatic N) is 4. The number of alkyl halides is 1. The van der Waals surface area contributed by atoms with E-state index in [-0.39, 0.29) is 27.6 Å². The zero-order chi connectivity index (χ0) is 22.9. The summed E-state index contributed by atoms with van der Waals surface area (Å²) in [6, 6.07) is 6.93. The van der Waals surface area contributed by atoms with Crippen LogP contribution in [0.1, 0.15) is 12.0 Å². The number of thioether (sulfide) groups is 1. The van der Waals surface area contributed by atoms with Gasteiger partial charge in [0.15, 0.2) is 10.8 Å². The zero-order valence-corrected chi connectivity index (χ0v) is 18.8. The van der Waals surface area contributed by atoms with E-state index in [0.717, 1.165) is 11.8 Å². The Bertz CT molecular complexity index is 1230. The molecular weight excluding hydrogens is 479 g/mol. The average Bonchev–Trinajstić information content (AvgIpc) is 3.30. The van der Waals surface area contributed by atoms with Crippen molar-refractivity contribution in [1.82, 2.24) is 20.0 Å². The number of rotatable bonds is 5. The van der Waals surface area contributed by atoms with Gasteiger partial charge in [0.25, 0.3) is 5.91 Å².